The fourth-order valence-electron chi connectivity index (χ4n) is 2.45. The van der Waals surface area contributed by atoms with Gasteiger partial charge in [0.2, 0.25) is 6.10 Å². The Morgan fingerprint density at radius 2 is 2.00 bits per heavy atom. The summed E-state index contributed by atoms with van der Waals surface area (Å²) < 4.78 is 16.9. The van der Waals surface area contributed by atoms with E-state index in [1.807, 2.05) is 56.3 Å². The maximum atomic E-state index is 12.3. The first-order valence-electron chi connectivity index (χ1n) is 8.03. The van der Waals surface area contributed by atoms with Crippen molar-refractivity contribution >= 4 is 5.91 Å². The first-order chi connectivity index (χ1) is 11.6. The van der Waals surface area contributed by atoms with Crippen LogP contribution in [0.2, 0.25) is 0 Å². The van der Waals surface area contributed by atoms with Crippen LogP contribution in [0.25, 0.3) is 0 Å². The number of nitrogens with one attached hydrogen (secondary N) is 1. The second kappa shape index (κ2) is 7.25. The number of carbonyl (C=O) groups excluding carboxylic acids is 1. The van der Waals surface area contributed by atoms with Crippen LogP contribution in [0.15, 0.2) is 48.5 Å². The van der Waals surface area contributed by atoms with Crippen molar-refractivity contribution in [2.75, 3.05) is 6.61 Å². The highest BCUT2D eigenvalue weighted by Gasteiger charge is 2.26. The number of rotatable bonds is 5. The first kappa shape index (κ1) is 16.2. The zero-order valence-corrected chi connectivity index (χ0v) is 13.8. The van der Waals surface area contributed by atoms with Gasteiger partial charge >= 0.3 is 0 Å². The van der Waals surface area contributed by atoms with E-state index < -0.39 is 6.10 Å². The highest BCUT2D eigenvalue weighted by Crippen LogP contribution is 2.30. The Morgan fingerprint density at radius 1 is 1.21 bits per heavy atom. The van der Waals surface area contributed by atoms with Gasteiger partial charge in [-0.3, -0.25) is 4.79 Å². The molecule has 3 rings (SSSR count). The van der Waals surface area contributed by atoms with E-state index in [-0.39, 0.29) is 18.6 Å². The third kappa shape index (κ3) is 3.98. The Morgan fingerprint density at radius 3 is 2.79 bits per heavy atom. The van der Waals surface area contributed by atoms with Gasteiger partial charge in [-0.25, -0.2) is 0 Å². The minimum atomic E-state index is -0.644. The zero-order valence-electron chi connectivity index (χ0n) is 13.8. The molecular weight excluding hydrogens is 306 g/mol. The van der Waals surface area contributed by atoms with Gasteiger partial charge in [0, 0.05) is 6.54 Å². The van der Waals surface area contributed by atoms with Gasteiger partial charge in [0.05, 0.1) is 6.10 Å². The predicted octanol–water partition coefficient (Wildman–Crippen LogP) is 2.93. The third-order valence-corrected chi connectivity index (χ3v) is 3.54. The molecule has 1 atom stereocenters. The number of hydrogen-bond donors (Lipinski definition) is 1. The topological polar surface area (TPSA) is 56.8 Å². The van der Waals surface area contributed by atoms with E-state index >= 15 is 0 Å². The molecule has 5 nitrogen and oxygen atoms in total. The molecule has 0 saturated heterocycles. The van der Waals surface area contributed by atoms with Gasteiger partial charge in [-0.2, -0.15) is 0 Å². The molecule has 1 N–H and O–H groups in total. The smallest absolute Gasteiger partial charge is 0.264 e. The van der Waals surface area contributed by atoms with Crippen LogP contribution in [0.5, 0.6) is 17.2 Å². The molecule has 5 heteroatoms. The Bertz CT molecular complexity index is 714. The van der Waals surface area contributed by atoms with Crippen molar-refractivity contribution in [3.05, 3.63) is 54.1 Å². The van der Waals surface area contributed by atoms with Gasteiger partial charge in [-0.15, -0.1) is 0 Å². The van der Waals surface area contributed by atoms with Crippen LogP contribution < -0.4 is 19.5 Å². The summed E-state index contributed by atoms with van der Waals surface area (Å²) in [4.78, 5) is 12.3. The van der Waals surface area contributed by atoms with E-state index in [0.717, 1.165) is 11.3 Å². The summed E-state index contributed by atoms with van der Waals surface area (Å²) in [5.41, 5.74) is 0.971. The second-order valence-electron chi connectivity index (χ2n) is 5.90. The summed E-state index contributed by atoms with van der Waals surface area (Å²) in [5.74, 6) is 1.86. The summed E-state index contributed by atoms with van der Waals surface area (Å²) in [5, 5.41) is 2.88. The average Bonchev–Trinajstić information content (AvgIpc) is 2.59. The highest BCUT2D eigenvalue weighted by atomic mass is 16.6. The molecule has 0 radical (unpaired) electrons. The van der Waals surface area contributed by atoms with Crippen LogP contribution in [0.1, 0.15) is 19.4 Å². The standard InChI is InChI=1S/C19H21NO4/c1-13(2)23-15-7-5-6-14(10-15)11-20-19(21)18-12-22-16-8-3-4-9-17(16)24-18/h3-10,13,18H,11-12H2,1-2H3,(H,20,21). The minimum Gasteiger partial charge on any atom is -0.491 e. The van der Waals surface area contributed by atoms with E-state index in [1.54, 1.807) is 6.07 Å². The Hall–Kier alpha value is -2.69. The average molecular weight is 327 g/mol. The van der Waals surface area contributed by atoms with Gasteiger partial charge < -0.3 is 19.5 Å². The molecule has 1 aliphatic heterocycles. The Balaban J connectivity index is 1.56. The summed E-state index contributed by atoms with van der Waals surface area (Å²) in [7, 11) is 0. The fourth-order valence-corrected chi connectivity index (χ4v) is 2.45. The number of ether oxygens (including phenoxy) is 3. The van der Waals surface area contributed by atoms with Gasteiger partial charge in [0.25, 0.3) is 5.91 Å². The number of fused-ring (bicyclic) bond motifs is 1. The van der Waals surface area contributed by atoms with Gasteiger partial charge in [-0.05, 0) is 43.7 Å². The fraction of sp³-hybridized carbons (Fsp3) is 0.316. The molecule has 1 unspecified atom stereocenters. The lowest BCUT2D eigenvalue weighted by atomic mass is 10.2. The minimum absolute atomic E-state index is 0.114. The molecule has 0 aromatic heterocycles. The quantitative estimate of drug-likeness (QED) is 0.917. The van der Waals surface area contributed by atoms with Crippen LogP contribution >= 0.6 is 0 Å². The number of benzene rings is 2. The van der Waals surface area contributed by atoms with Gasteiger partial charge in [0.1, 0.15) is 12.4 Å². The zero-order chi connectivity index (χ0) is 16.9. The van der Waals surface area contributed by atoms with Crippen LogP contribution in [0, 0.1) is 0 Å². The van der Waals surface area contributed by atoms with Gasteiger partial charge in [0.15, 0.2) is 11.5 Å². The molecule has 2 aromatic carbocycles. The van der Waals surface area contributed by atoms with Gasteiger partial charge in [-0.1, -0.05) is 24.3 Å². The highest BCUT2D eigenvalue weighted by molar-refractivity contribution is 5.81. The molecule has 0 bridgehead atoms. The largest absolute Gasteiger partial charge is 0.491 e. The van der Waals surface area contributed by atoms with Crippen LogP contribution in [-0.2, 0) is 11.3 Å². The van der Waals surface area contributed by atoms with Crippen molar-refractivity contribution in [2.45, 2.75) is 32.6 Å². The molecule has 126 valence electrons. The SMILES string of the molecule is CC(C)Oc1cccc(CNC(=O)C2COc3ccccc3O2)c1. The first-order valence-corrected chi connectivity index (χ1v) is 8.03. The molecule has 1 amide bonds. The summed E-state index contributed by atoms with van der Waals surface area (Å²) in [6.07, 6.45) is -0.530. The predicted molar refractivity (Wildman–Crippen MR) is 90.4 cm³/mol. The van der Waals surface area contributed by atoms with E-state index in [2.05, 4.69) is 5.32 Å². The number of para-hydroxylation sites is 2. The van der Waals surface area contributed by atoms with E-state index in [9.17, 15) is 4.79 Å². The molecule has 1 heterocycles. The molecule has 2 aromatic rings. The molecule has 24 heavy (non-hydrogen) atoms. The Kier molecular flexibility index (Phi) is 4.89. The maximum absolute atomic E-state index is 12.3. The number of hydrogen-bond acceptors (Lipinski definition) is 4. The summed E-state index contributed by atoms with van der Waals surface area (Å²) in [6, 6.07) is 15.0. The van der Waals surface area contributed by atoms with Crippen LogP contribution in [0.3, 0.4) is 0 Å². The maximum Gasteiger partial charge on any atom is 0.264 e. The molecule has 0 aliphatic carbocycles. The molecule has 0 fully saturated rings. The van der Waals surface area contributed by atoms with Crippen molar-refractivity contribution in [3.8, 4) is 17.2 Å². The van der Waals surface area contributed by atoms with Crippen molar-refractivity contribution < 1.29 is 19.0 Å². The second-order valence-corrected chi connectivity index (χ2v) is 5.90. The molecule has 1 aliphatic rings. The molecule has 0 spiro atoms. The third-order valence-electron chi connectivity index (χ3n) is 3.54. The number of amides is 1. The number of carbonyl (C=O) groups is 1. The normalized spacial score (nSPS) is 15.9. The van der Waals surface area contributed by atoms with Crippen molar-refractivity contribution in [1.82, 2.24) is 5.32 Å². The van der Waals surface area contributed by atoms with E-state index in [4.69, 9.17) is 14.2 Å². The lowest BCUT2D eigenvalue weighted by Crippen LogP contribution is -2.43. The molecule has 0 saturated carbocycles. The lowest BCUT2D eigenvalue weighted by Gasteiger charge is -2.25. The summed E-state index contributed by atoms with van der Waals surface area (Å²) >= 11 is 0. The summed E-state index contributed by atoms with van der Waals surface area (Å²) in [6.45, 7) is 4.58. The lowest BCUT2D eigenvalue weighted by molar-refractivity contribution is -0.130. The van der Waals surface area contributed by atoms with E-state index in [1.165, 1.54) is 0 Å². The molecular formula is C19H21NO4. The Labute approximate surface area is 141 Å². The van der Waals surface area contributed by atoms with Crippen molar-refractivity contribution in [2.24, 2.45) is 0 Å². The van der Waals surface area contributed by atoms with Crippen LogP contribution in [0.4, 0.5) is 0 Å². The van der Waals surface area contributed by atoms with Crippen LogP contribution in [-0.4, -0.2) is 24.7 Å². The van der Waals surface area contributed by atoms with Crippen molar-refractivity contribution in [3.63, 3.8) is 0 Å². The monoisotopic (exact) mass is 327 g/mol. The van der Waals surface area contributed by atoms with Crippen molar-refractivity contribution in [1.29, 1.82) is 0 Å². The van der Waals surface area contributed by atoms with E-state index in [0.29, 0.717) is 18.0 Å².